The normalized spacial score (nSPS) is 9.90. The van der Waals surface area contributed by atoms with Gasteiger partial charge in [0.25, 0.3) is 0 Å². The van der Waals surface area contributed by atoms with E-state index in [0.29, 0.717) is 3.57 Å². The summed E-state index contributed by atoms with van der Waals surface area (Å²) < 4.78 is 13.3. The van der Waals surface area contributed by atoms with Crippen LogP contribution in [0.5, 0.6) is 0 Å². The molecule has 0 aromatic carbocycles. The number of rotatable bonds is 0. The molecule has 10 heavy (non-hydrogen) atoms. The predicted molar refractivity (Wildman–Crippen MR) is 46.1 cm³/mol. The standard InChI is InChI=1S/C6H6FIN2/c1-3-2-10-6(9)4(7)5(3)8/h2H,1H3,(H2,9,10). The Labute approximate surface area is 71.8 Å². The predicted octanol–water partition coefficient (Wildman–Crippen LogP) is 1.72. The number of hydrogen-bond donors (Lipinski definition) is 1. The van der Waals surface area contributed by atoms with Gasteiger partial charge in [-0.05, 0) is 35.1 Å². The van der Waals surface area contributed by atoms with Crippen LogP contribution in [0.2, 0.25) is 0 Å². The molecule has 0 aliphatic carbocycles. The van der Waals surface area contributed by atoms with E-state index in [1.54, 1.807) is 13.1 Å². The first-order chi connectivity index (χ1) is 4.63. The van der Waals surface area contributed by atoms with E-state index in [1.807, 2.05) is 22.6 Å². The van der Waals surface area contributed by atoms with Gasteiger partial charge in [0.05, 0.1) is 3.57 Å². The second-order valence-corrected chi connectivity index (χ2v) is 3.03. The maximum Gasteiger partial charge on any atom is 0.178 e. The third-order valence-electron chi connectivity index (χ3n) is 1.16. The summed E-state index contributed by atoms with van der Waals surface area (Å²) in [5.41, 5.74) is 6.01. The zero-order valence-corrected chi connectivity index (χ0v) is 7.52. The lowest BCUT2D eigenvalue weighted by Gasteiger charge is -1.99. The van der Waals surface area contributed by atoms with Gasteiger partial charge >= 0.3 is 0 Å². The Morgan fingerprint density at radius 1 is 1.70 bits per heavy atom. The van der Waals surface area contributed by atoms with Crippen LogP contribution in [0.4, 0.5) is 10.2 Å². The van der Waals surface area contributed by atoms with Gasteiger partial charge in [0.2, 0.25) is 0 Å². The molecule has 0 atom stereocenters. The van der Waals surface area contributed by atoms with Crippen molar-refractivity contribution < 1.29 is 4.39 Å². The van der Waals surface area contributed by atoms with Crippen molar-refractivity contribution >= 4 is 28.4 Å². The van der Waals surface area contributed by atoms with Crippen LogP contribution in [0.25, 0.3) is 0 Å². The Balaban J connectivity index is 3.34. The van der Waals surface area contributed by atoms with Gasteiger partial charge in [-0.2, -0.15) is 0 Å². The SMILES string of the molecule is Cc1cnc(N)c(F)c1I. The van der Waals surface area contributed by atoms with E-state index in [-0.39, 0.29) is 5.82 Å². The minimum atomic E-state index is -0.416. The van der Waals surface area contributed by atoms with Gasteiger partial charge in [0.1, 0.15) is 0 Å². The van der Waals surface area contributed by atoms with Crippen LogP contribution in [0.15, 0.2) is 6.20 Å². The van der Waals surface area contributed by atoms with Crippen LogP contribution < -0.4 is 5.73 Å². The van der Waals surface area contributed by atoms with E-state index in [0.717, 1.165) is 5.56 Å². The second kappa shape index (κ2) is 2.69. The van der Waals surface area contributed by atoms with Crippen molar-refractivity contribution in [1.82, 2.24) is 4.98 Å². The zero-order chi connectivity index (χ0) is 7.72. The lowest BCUT2D eigenvalue weighted by molar-refractivity contribution is 0.618. The van der Waals surface area contributed by atoms with Crippen molar-refractivity contribution in [2.45, 2.75) is 6.92 Å². The molecule has 0 aliphatic heterocycles. The Morgan fingerprint density at radius 3 is 2.80 bits per heavy atom. The molecule has 2 N–H and O–H groups in total. The van der Waals surface area contributed by atoms with Gasteiger partial charge in [0, 0.05) is 6.20 Å². The molecule has 0 unspecified atom stereocenters. The molecule has 2 nitrogen and oxygen atoms in total. The highest BCUT2D eigenvalue weighted by molar-refractivity contribution is 14.1. The molecule has 1 rings (SSSR count). The molecule has 0 radical (unpaired) electrons. The van der Waals surface area contributed by atoms with Crippen molar-refractivity contribution in [3.8, 4) is 0 Å². The summed E-state index contributed by atoms with van der Waals surface area (Å²) in [5, 5.41) is 0. The molecule has 1 aromatic heterocycles. The van der Waals surface area contributed by atoms with Gasteiger partial charge in [-0.25, -0.2) is 9.37 Å². The molecule has 0 saturated carbocycles. The fraction of sp³-hybridized carbons (Fsp3) is 0.167. The van der Waals surface area contributed by atoms with E-state index in [9.17, 15) is 4.39 Å². The maximum atomic E-state index is 12.8. The lowest BCUT2D eigenvalue weighted by atomic mass is 10.3. The Kier molecular flexibility index (Phi) is 2.08. The monoisotopic (exact) mass is 252 g/mol. The van der Waals surface area contributed by atoms with Crippen molar-refractivity contribution in [2.24, 2.45) is 0 Å². The maximum absolute atomic E-state index is 12.8. The number of nitrogen functional groups attached to an aromatic ring is 1. The van der Waals surface area contributed by atoms with Crippen LogP contribution in [-0.4, -0.2) is 4.98 Å². The number of hydrogen-bond acceptors (Lipinski definition) is 2. The number of nitrogens with two attached hydrogens (primary N) is 1. The number of aryl methyl sites for hydroxylation is 1. The fourth-order valence-electron chi connectivity index (χ4n) is 0.565. The summed E-state index contributed by atoms with van der Waals surface area (Å²) in [5.74, 6) is -0.449. The average Bonchev–Trinajstić information content (AvgIpc) is 1.93. The number of nitrogens with zero attached hydrogens (tertiary/aromatic N) is 1. The highest BCUT2D eigenvalue weighted by Gasteiger charge is 2.05. The Bertz CT molecular complexity index is 235. The first-order valence-corrected chi connectivity index (χ1v) is 3.77. The van der Waals surface area contributed by atoms with E-state index < -0.39 is 5.82 Å². The summed E-state index contributed by atoms with van der Waals surface area (Å²) in [6.07, 6.45) is 1.56. The van der Waals surface area contributed by atoms with Gasteiger partial charge in [-0.3, -0.25) is 0 Å². The lowest BCUT2D eigenvalue weighted by Crippen LogP contribution is -1.98. The smallest absolute Gasteiger partial charge is 0.178 e. The molecule has 0 bridgehead atoms. The molecule has 0 spiro atoms. The van der Waals surface area contributed by atoms with Crippen LogP contribution in [0.3, 0.4) is 0 Å². The van der Waals surface area contributed by atoms with Crippen LogP contribution in [-0.2, 0) is 0 Å². The molecule has 54 valence electrons. The minimum absolute atomic E-state index is 0.0324. The highest BCUT2D eigenvalue weighted by atomic mass is 127. The zero-order valence-electron chi connectivity index (χ0n) is 5.36. The van der Waals surface area contributed by atoms with Gasteiger partial charge in [-0.15, -0.1) is 0 Å². The molecule has 1 heterocycles. The Hall–Kier alpha value is -0.390. The van der Waals surface area contributed by atoms with Crippen molar-refractivity contribution in [3.63, 3.8) is 0 Å². The average molecular weight is 252 g/mol. The van der Waals surface area contributed by atoms with Gasteiger partial charge in [-0.1, -0.05) is 0 Å². The van der Waals surface area contributed by atoms with Crippen LogP contribution >= 0.6 is 22.6 Å². The molecule has 4 heteroatoms. The summed E-state index contributed by atoms with van der Waals surface area (Å²) in [7, 11) is 0. The van der Waals surface area contributed by atoms with Crippen molar-refractivity contribution in [1.29, 1.82) is 0 Å². The largest absolute Gasteiger partial charge is 0.381 e. The Morgan fingerprint density at radius 2 is 2.30 bits per heavy atom. The summed E-state index contributed by atoms with van der Waals surface area (Å²) in [6, 6.07) is 0. The van der Waals surface area contributed by atoms with Crippen LogP contribution in [0.1, 0.15) is 5.56 Å². The van der Waals surface area contributed by atoms with Crippen molar-refractivity contribution in [3.05, 3.63) is 21.1 Å². The molecular weight excluding hydrogens is 246 g/mol. The second-order valence-electron chi connectivity index (χ2n) is 1.95. The molecule has 0 saturated heterocycles. The van der Waals surface area contributed by atoms with E-state index >= 15 is 0 Å². The minimum Gasteiger partial charge on any atom is -0.381 e. The first kappa shape index (κ1) is 7.71. The number of pyridine rings is 1. The highest BCUT2D eigenvalue weighted by Crippen LogP contribution is 2.17. The number of halogens is 2. The molecule has 1 aromatic rings. The quantitative estimate of drug-likeness (QED) is 0.714. The summed E-state index contributed by atoms with van der Waals surface area (Å²) in [4.78, 5) is 3.64. The topological polar surface area (TPSA) is 38.9 Å². The third kappa shape index (κ3) is 1.21. The van der Waals surface area contributed by atoms with E-state index in [4.69, 9.17) is 5.73 Å². The number of aromatic nitrogens is 1. The van der Waals surface area contributed by atoms with Crippen LogP contribution in [0, 0.1) is 16.3 Å². The number of anilines is 1. The van der Waals surface area contributed by atoms with Gasteiger partial charge in [0.15, 0.2) is 11.6 Å². The molecule has 0 fully saturated rings. The molecule has 0 amide bonds. The van der Waals surface area contributed by atoms with Crippen molar-refractivity contribution in [2.75, 3.05) is 5.73 Å². The van der Waals surface area contributed by atoms with Gasteiger partial charge < -0.3 is 5.73 Å². The summed E-state index contributed by atoms with van der Waals surface area (Å²) >= 11 is 1.90. The third-order valence-corrected chi connectivity index (χ3v) is 2.49. The fourth-order valence-corrected chi connectivity index (χ4v) is 0.981. The first-order valence-electron chi connectivity index (χ1n) is 2.69. The summed E-state index contributed by atoms with van der Waals surface area (Å²) in [6.45, 7) is 1.79. The molecular formula is C6H6FIN2. The van der Waals surface area contributed by atoms with E-state index in [1.165, 1.54) is 0 Å². The van der Waals surface area contributed by atoms with E-state index in [2.05, 4.69) is 4.98 Å². The molecule has 0 aliphatic rings.